The molecule has 0 spiro atoms. The molecule has 2 aliphatic rings. The summed E-state index contributed by atoms with van der Waals surface area (Å²) >= 11 is 1.39. The van der Waals surface area contributed by atoms with E-state index in [9.17, 15) is 9.59 Å². The number of esters is 1. The summed E-state index contributed by atoms with van der Waals surface area (Å²) in [4.78, 5) is 26.8. The smallest absolute Gasteiger partial charge is 0.349 e. The molecule has 1 aliphatic carbocycles. The number of fused-ring (bicyclic) bond motifs is 4. The summed E-state index contributed by atoms with van der Waals surface area (Å²) in [6.45, 7) is 1.71. The lowest BCUT2D eigenvalue weighted by molar-refractivity contribution is -0.123. The Hall–Kier alpha value is -3.52. The Morgan fingerprint density at radius 3 is 2.69 bits per heavy atom. The zero-order chi connectivity index (χ0) is 22.2. The average molecular weight is 452 g/mol. The van der Waals surface area contributed by atoms with Crippen LogP contribution in [0.25, 0.3) is 10.4 Å². The third-order valence-electron chi connectivity index (χ3n) is 5.52. The average Bonchev–Trinajstić information content (AvgIpc) is 3.45. The molecule has 8 heteroatoms. The van der Waals surface area contributed by atoms with Gasteiger partial charge in [0.05, 0.1) is 7.11 Å². The van der Waals surface area contributed by atoms with Gasteiger partial charge in [-0.15, -0.1) is 11.3 Å². The predicted octanol–water partition coefficient (Wildman–Crippen LogP) is 4.44. The molecule has 0 bridgehead atoms. The van der Waals surface area contributed by atoms with Crippen molar-refractivity contribution >= 4 is 28.9 Å². The van der Waals surface area contributed by atoms with E-state index in [1.807, 2.05) is 24.3 Å². The fourth-order valence-corrected chi connectivity index (χ4v) is 4.98. The second-order valence-corrected chi connectivity index (χ2v) is 8.65. The van der Waals surface area contributed by atoms with E-state index in [4.69, 9.17) is 18.9 Å². The first-order valence-electron chi connectivity index (χ1n) is 10.2. The Morgan fingerprint density at radius 2 is 1.84 bits per heavy atom. The largest absolute Gasteiger partial charge is 0.497 e. The van der Waals surface area contributed by atoms with E-state index in [-0.39, 0.29) is 6.79 Å². The van der Waals surface area contributed by atoms with Crippen LogP contribution in [0.3, 0.4) is 0 Å². The molecule has 1 aromatic heterocycles. The number of methoxy groups -OCH3 is 1. The first-order valence-corrected chi connectivity index (χ1v) is 11.0. The molecule has 3 aromatic rings. The van der Waals surface area contributed by atoms with E-state index in [2.05, 4.69) is 5.32 Å². The maximum Gasteiger partial charge on any atom is 0.349 e. The molecule has 1 atom stereocenters. The summed E-state index contributed by atoms with van der Waals surface area (Å²) in [5.74, 6) is 1.09. The number of nitrogens with one attached hydrogen (secondary N) is 1. The molecule has 0 saturated heterocycles. The third kappa shape index (κ3) is 3.78. The quantitative estimate of drug-likeness (QED) is 0.578. The Labute approximate surface area is 188 Å². The second-order valence-electron chi connectivity index (χ2n) is 7.59. The Morgan fingerprint density at radius 1 is 1.03 bits per heavy atom. The first kappa shape index (κ1) is 20.4. The topological polar surface area (TPSA) is 83.1 Å². The van der Waals surface area contributed by atoms with Gasteiger partial charge < -0.3 is 24.3 Å². The van der Waals surface area contributed by atoms with Crippen LogP contribution in [0.15, 0.2) is 42.5 Å². The van der Waals surface area contributed by atoms with Crippen molar-refractivity contribution in [2.45, 2.75) is 25.9 Å². The minimum Gasteiger partial charge on any atom is -0.497 e. The number of hydrogen-bond acceptors (Lipinski definition) is 7. The van der Waals surface area contributed by atoms with Gasteiger partial charge in [-0.05, 0) is 72.9 Å². The van der Waals surface area contributed by atoms with E-state index >= 15 is 0 Å². The predicted molar refractivity (Wildman–Crippen MR) is 120 cm³/mol. The number of amides is 1. The maximum atomic E-state index is 12.7. The van der Waals surface area contributed by atoms with Crippen LogP contribution in [0, 0.1) is 0 Å². The molecular weight excluding hydrogens is 430 g/mol. The van der Waals surface area contributed by atoms with E-state index in [1.165, 1.54) is 16.9 Å². The number of benzene rings is 2. The lowest BCUT2D eigenvalue weighted by Crippen LogP contribution is -2.29. The molecule has 2 heterocycles. The number of carbonyl (C=O) groups is 2. The van der Waals surface area contributed by atoms with Gasteiger partial charge in [-0.2, -0.15) is 0 Å². The Balaban J connectivity index is 1.27. The number of thiophene rings is 1. The highest BCUT2D eigenvalue weighted by molar-refractivity contribution is 7.17. The highest BCUT2D eigenvalue weighted by Gasteiger charge is 2.25. The van der Waals surface area contributed by atoms with Gasteiger partial charge in [-0.3, -0.25) is 4.79 Å². The van der Waals surface area contributed by atoms with Gasteiger partial charge in [-0.25, -0.2) is 4.79 Å². The summed E-state index contributed by atoms with van der Waals surface area (Å²) in [5.41, 5.74) is 3.98. The zero-order valence-electron chi connectivity index (χ0n) is 17.6. The van der Waals surface area contributed by atoms with Crippen molar-refractivity contribution in [3.63, 3.8) is 0 Å². The number of ether oxygens (including phenoxy) is 4. The second kappa shape index (κ2) is 8.20. The fraction of sp³-hybridized carbons (Fsp3) is 0.250. The van der Waals surface area contributed by atoms with Gasteiger partial charge in [-0.1, -0.05) is 0 Å². The lowest BCUT2D eigenvalue weighted by Gasteiger charge is -2.16. The molecule has 1 amide bonds. The summed E-state index contributed by atoms with van der Waals surface area (Å²) in [6.07, 6.45) is 0.780. The van der Waals surface area contributed by atoms with Crippen LogP contribution in [-0.4, -0.2) is 31.9 Å². The molecule has 164 valence electrons. The molecular formula is C24H21NO6S. The van der Waals surface area contributed by atoms with E-state index in [1.54, 1.807) is 32.2 Å². The molecule has 2 aromatic carbocycles. The van der Waals surface area contributed by atoms with Gasteiger partial charge >= 0.3 is 5.97 Å². The summed E-state index contributed by atoms with van der Waals surface area (Å²) in [6, 6.07) is 13.0. The SMILES string of the molecule is COc1ccc2c(c1)CCc1cc(C(=O)OC(C)C(=O)Nc3ccc4c(c3)OCO4)sc1-2. The fourth-order valence-electron chi connectivity index (χ4n) is 3.83. The summed E-state index contributed by atoms with van der Waals surface area (Å²) < 4.78 is 21.4. The number of aryl methyl sites for hydroxylation is 2. The lowest BCUT2D eigenvalue weighted by atomic mass is 9.91. The minimum atomic E-state index is -0.955. The minimum absolute atomic E-state index is 0.156. The highest BCUT2D eigenvalue weighted by atomic mass is 32.1. The van der Waals surface area contributed by atoms with Crippen molar-refractivity contribution in [2.24, 2.45) is 0 Å². The van der Waals surface area contributed by atoms with Gasteiger partial charge in [0.1, 0.15) is 10.6 Å². The molecule has 5 rings (SSSR count). The van der Waals surface area contributed by atoms with Crippen LogP contribution in [0.4, 0.5) is 5.69 Å². The number of anilines is 1. The number of carbonyl (C=O) groups excluding carboxylic acids is 2. The van der Waals surface area contributed by atoms with E-state index < -0.39 is 18.0 Å². The zero-order valence-corrected chi connectivity index (χ0v) is 18.4. The standard InChI is InChI=1S/C24H21NO6S/c1-13(23(26)25-16-5-8-19-20(11-16)30-12-29-19)31-24(27)21-10-15-4-3-14-9-17(28-2)6-7-18(14)22(15)32-21/h5-11,13H,3-4,12H2,1-2H3,(H,25,26). The summed E-state index contributed by atoms with van der Waals surface area (Å²) in [5, 5.41) is 2.74. The van der Waals surface area contributed by atoms with Gasteiger partial charge in [0.15, 0.2) is 17.6 Å². The van der Waals surface area contributed by atoms with Crippen LogP contribution < -0.4 is 19.5 Å². The van der Waals surface area contributed by atoms with Crippen LogP contribution in [0.2, 0.25) is 0 Å². The first-order chi connectivity index (χ1) is 15.5. The van der Waals surface area contributed by atoms with Gasteiger partial charge in [0.25, 0.3) is 5.91 Å². The molecule has 7 nitrogen and oxygen atoms in total. The molecule has 1 aliphatic heterocycles. The van der Waals surface area contributed by atoms with Crippen molar-refractivity contribution in [1.29, 1.82) is 0 Å². The van der Waals surface area contributed by atoms with Crippen molar-refractivity contribution < 1.29 is 28.5 Å². The van der Waals surface area contributed by atoms with Crippen LogP contribution in [-0.2, 0) is 22.4 Å². The molecule has 32 heavy (non-hydrogen) atoms. The Bertz CT molecular complexity index is 1220. The van der Waals surface area contributed by atoms with Crippen molar-refractivity contribution in [3.05, 3.63) is 58.5 Å². The van der Waals surface area contributed by atoms with Crippen LogP contribution in [0.1, 0.15) is 27.7 Å². The maximum absolute atomic E-state index is 12.7. The summed E-state index contributed by atoms with van der Waals surface area (Å²) in [7, 11) is 1.65. The molecule has 0 saturated carbocycles. The molecule has 1 N–H and O–H groups in total. The van der Waals surface area contributed by atoms with Crippen molar-refractivity contribution in [3.8, 4) is 27.7 Å². The van der Waals surface area contributed by atoms with E-state index in [0.717, 1.165) is 34.6 Å². The third-order valence-corrected chi connectivity index (χ3v) is 6.71. The van der Waals surface area contributed by atoms with Crippen molar-refractivity contribution in [1.82, 2.24) is 0 Å². The van der Waals surface area contributed by atoms with Crippen LogP contribution in [0.5, 0.6) is 17.2 Å². The number of hydrogen-bond donors (Lipinski definition) is 1. The van der Waals surface area contributed by atoms with Gasteiger partial charge in [0.2, 0.25) is 6.79 Å². The van der Waals surface area contributed by atoms with E-state index in [0.29, 0.717) is 22.1 Å². The molecule has 1 unspecified atom stereocenters. The molecule has 0 radical (unpaired) electrons. The van der Waals surface area contributed by atoms with Gasteiger partial charge in [0, 0.05) is 16.6 Å². The van der Waals surface area contributed by atoms with Crippen LogP contribution >= 0.6 is 11.3 Å². The normalized spacial score (nSPS) is 14.2. The highest BCUT2D eigenvalue weighted by Crippen LogP contribution is 2.41. The molecule has 0 fully saturated rings. The van der Waals surface area contributed by atoms with Crippen molar-refractivity contribution in [2.75, 3.05) is 19.2 Å². The monoisotopic (exact) mass is 451 g/mol. The number of rotatable bonds is 5. The Kier molecular flexibility index (Phi) is 5.22.